The van der Waals surface area contributed by atoms with Crippen molar-refractivity contribution >= 4 is 22.6 Å². The van der Waals surface area contributed by atoms with Crippen LogP contribution in [0.3, 0.4) is 0 Å². The van der Waals surface area contributed by atoms with Crippen LogP contribution in [0.15, 0.2) is 12.3 Å². The minimum absolute atomic E-state index is 0.0809. The summed E-state index contributed by atoms with van der Waals surface area (Å²) in [5.41, 5.74) is 0. The van der Waals surface area contributed by atoms with Crippen LogP contribution in [0.1, 0.15) is 0 Å². The second kappa shape index (κ2) is 2.52. The minimum Gasteiger partial charge on any atom is -0.464 e. The van der Waals surface area contributed by atoms with E-state index < -0.39 is 0 Å². The first-order chi connectivity index (χ1) is 3.39. The van der Waals surface area contributed by atoms with Crippen LogP contribution in [-0.2, 0) is 9.47 Å². The highest BCUT2D eigenvalue weighted by molar-refractivity contribution is 14.1. The molecule has 7 heavy (non-hydrogen) atoms. The van der Waals surface area contributed by atoms with E-state index in [0.29, 0.717) is 6.61 Å². The lowest BCUT2D eigenvalue weighted by Gasteiger charge is -2.12. The summed E-state index contributed by atoms with van der Waals surface area (Å²) in [5, 5.41) is 0. The molecule has 1 unspecified atom stereocenters. The number of rotatable bonds is 0. The Labute approximate surface area is 55.6 Å². The summed E-state index contributed by atoms with van der Waals surface area (Å²) in [6, 6.07) is 0. The van der Waals surface area contributed by atoms with Crippen molar-refractivity contribution in [2.24, 2.45) is 0 Å². The van der Waals surface area contributed by atoms with E-state index in [9.17, 15) is 0 Å². The molecule has 0 spiro atoms. The van der Waals surface area contributed by atoms with E-state index in [0.717, 1.165) is 0 Å². The number of hydrogen-bond donors (Lipinski definition) is 0. The monoisotopic (exact) mass is 212 g/mol. The van der Waals surface area contributed by atoms with E-state index in [1.165, 1.54) is 0 Å². The van der Waals surface area contributed by atoms with E-state index in [1.807, 2.05) is 6.08 Å². The number of ether oxygens (including phenoxy) is 2. The van der Waals surface area contributed by atoms with Gasteiger partial charge >= 0.3 is 0 Å². The Bertz CT molecular complexity index is 81.8. The summed E-state index contributed by atoms with van der Waals surface area (Å²) >= 11 is 2.06. The van der Waals surface area contributed by atoms with Crippen molar-refractivity contribution in [1.82, 2.24) is 0 Å². The largest absolute Gasteiger partial charge is 0.464 e. The van der Waals surface area contributed by atoms with Gasteiger partial charge in [-0.05, 0) is 28.7 Å². The van der Waals surface area contributed by atoms with E-state index in [1.54, 1.807) is 6.26 Å². The zero-order valence-corrected chi connectivity index (χ0v) is 5.79. The molecule has 0 aromatic rings. The lowest BCUT2D eigenvalue weighted by atomic mass is 10.7. The quantitative estimate of drug-likeness (QED) is 0.444. The fourth-order valence-corrected chi connectivity index (χ4v) is 0.704. The molecule has 0 N–H and O–H groups in total. The molecule has 0 bridgehead atoms. The second-order valence-electron chi connectivity index (χ2n) is 1.12. The summed E-state index contributed by atoms with van der Waals surface area (Å²) < 4.78 is 9.74. The van der Waals surface area contributed by atoms with Crippen LogP contribution < -0.4 is 0 Å². The van der Waals surface area contributed by atoms with Gasteiger partial charge in [0.2, 0.25) is 0 Å². The zero-order chi connectivity index (χ0) is 5.11. The molecular formula is C4H5IO2. The Morgan fingerprint density at radius 2 is 2.57 bits per heavy atom. The molecular weight excluding hydrogens is 207 g/mol. The molecule has 2 nitrogen and oxygen atoms in total. The molecule has 0 aliphatic carbocycles. The Hall–Kier alpha value is 0.230. The second-order valence-corrected chi connectivity index (χ2v) is 2.13. The Morgan fingerprint density at radius 3 is 2.86 bits per heavy atom. The molecule has 0 saturated heterocycles. The fraction of sp³-hybridized carbons (Fsp3) is 0.500. The van der Waals surface area contributed by atoms with E-state index in [4.69, 9.17) is 9.47 Å². The van der Waals surface area contributed by atoms with Crippen molar-refractivity contribution in [2.75, 3.05) is 6.61 Å². The van der Waals surface area contributed by atoms with E-state index >= 15 is 0 Å². The highest BCUT2D eigenvalue weighted by Crippen LogP contribution is 2.08. The molecule has 1 aliphatic rings. The third-order valence-corrected chi connectivity index (χ3v) is 1.26. The third-order valence-electron chi connectivity index (χ3n) is 0.605. The van der Waals surface area contributed by atoms with Crippen molar-refractivity contribution in [3.63, 3.8) is 0 Å². The van der Waals surface area contributed by atoms with Gasteiger partial charge < -0.3 is 9.47 Å². The van der Waals surface area contributed by atoms with Gasteiger partial charge in [0.15, 0.2) is 0 Å². The first kappa shape index (κ1) is 5.37. The van der Waals surface area contributed by atoms with Crippen LogP contribution in [-0.4, -0.2) is 10.9 Å². The number of alkyl halides is 1. The van der Waals surface area contributed by atoms with Crippen LogP contribution in [0.4, 0.5) is 0 Å². The highest BCUT2D eigenvalue weighted by Gasteiger charge is 2.02. The molecule has 0 amide bonds. The normalized spacial score (nSPS) is 29.6. The molecule has 1 rings (SSSR count). The summed E-state index contributed by atoms with van der Waals surface area (Å²) in [7, 11) is 0. The van der Waals surface area contributed by atoms with Gasteiger partial charge in [0, 0.05) is 0 Å². The van der Waals surface area contributed by atoms with Gasteiger partial charge in [0.25, 0.3) is 4.30 Å². The van der Waals surface area contributed by atoms with Crippen molar-refractivity contribution in [2.45, 2.75) is 4.30 Å². The van der Waals surface area contributed by atoms with E-state index in [-0.39, 0.29) is 4.30 Å². The summed E-state index contributed by atoms with van der Waals surface area (Å²) in [4.78, 5) is 0. The molecule has 0 saturated carbocycles. The average molecular weight is 212 g/mol. The molecule has 1 atom stereocenters. The van der Waals surface area contributed by atoms with Crippen molar-refractivity contribution in [3.05, 3.63) is 12.3 Å². The average Bonchev–Trinajstić information content (AvgIpc) is 1.69. The molecule has 0 aromatic carbocycles. The SMILES string of the molecule is IC1OC=CCO1. The standard InChI is InChI=1S/C4H5IO2/c5-4-6-2-1-3-7-4/h1-2,4H,3H2. The summed E-state index contributed by atoms with van der Waals surface area (Å²) in [6.07, 6.45) is 3.48. The highest BCUT2D eigenvalue weighted by atomic mass is 127. The number of halogens is 1. The predicted molar refractivity (Wildman–Crippen MR) is 34.0 cm³/mol. The van der Waals surface area contributed by atoms with E-state index in [2.05, 4.69) is 22.6 Å². The van der Waals surface area contributed by atoms with Crippen molar-refractivity contribution in [1.29, 1.82) is 0 Å². The maximum Gasteiger partial charge on any atom is 0.251 e. The summed E-state index contributed by atoms with van der Waals surface area (Å²) in [6.45, 7) is 0.674. The first-order valence-electron chi connectivity index (χ1n) is 1.96. The van der Waals surface area contributed by atoms with Crippen LogP contribution in [0.25, 0.3) is 0 Å². The van der Waals surface area contributed by atoms with Crippen LogP contribution in [0, 0.1) is 0 Å². The van der Waals surface area contributed by atoms with Gasteiger partial charge in [-0.3, -0.25) is 0 Å². The lowest BCUT2D eigenvalue weighted by Crippen LogP contribution is -2.09. The predicted octanol–water partition coefficient (Wildman–Crippen LogP) is 1.27. The van der Waals surface area contributed by atoms with Gasteiger partial charge in [0.05, 0.1) is 12.9 Å². The zero-order valence-electron chi connectivity index (χ0n) is 3.63. The van der Waals surface area contributed by atoms with Crippen molar-refractivity contribution < 1.29 is 9.47 Å². The Kier molecular flexibility index (Phi) is 1.93. The molecule has 0 aromatic heterocycles. The topological polar surface area (TPSA) is 18.5 Å². The van der Waals surface area contributed by atoms with Crippen LogP contribution in [0.2, 0.25) is 0 Å². The maximum absolute atomic E-state index is 4.96. The molecule has 0 fully saturated rings. The van der Waals surface area contributed by atoms with Gasteiger partial charge in [-0.25, -0.2) is 0 Å². The Balaban J connectivity index is 2.32. The number of hydrogen-bond acceptors (Lipinski definition) is 2. The smallest absolute Gasteiger partial charge is 0.251 e. The maximum atomic E-state index is 4.96. The summed E-state index contributed by atoms with van der Waals surface area (Å²) in [5.74, 6) is 0. The Morgan fingerprint density at radius 1 is 1.71 bits per heavy atom. The van der Waals surface area contributed by atoms with Gasteiger partial charge in [-0.2, -0.15) is 0 Å². The third kappa shape index (κ3) is 1.65. The molecule has 3 heteroatoms. The fourth-order valence-electron chi connectivity index (χ4n) is 0.327. The first-order valence-corrected chi connectivity index (χ1v) is 3.20. The molecule has 1 heterocycles. The van der Waals surface area contributed by atoms with Gasteiger partial charge in [0.1, 0.15) is 0 Å². The van der Waals surface area contributed by atoms with Crippen LogP contribution >= 0.6 is 22.6 Å². The molecule has 0 radical (unpaired) electrons. The van der Waals surface area contributed by atoms with Crippen molar-refractivity contribution in [3.8, 4) is 0 Å². The van der Waals surface area contributed by atoms with Gasteiger partial charge in [-0.1, -0.05) is 0 Å². The molecule has 40 valence electrons. The molecule has 1 aliphatic heterocycles. The minimum atomic E-state index is -0.0809. The van der Waals surface area contributed by atoms with Gasteiger partial charge in [-0.15, -0.1) is 0 Å². The lowest BCUT2D eigenvalue weighted by molar-refractivity contribution is -0.0321. The van der Waals surface area contributed by atoms with Crippen LogP contribution in [0.5, 0.6) is 0 Å².